The molecule has 4 nitrogen and oxygen atoms in total. The summed E-state index contributed by atoms with van der Waals surface area (Å²) in [7, 11) is 0. The molecule has 1 radical (unpaired) electrons. The molecule has 0 bridgehead atoms. The average molecular weight is 286 g/mol. The van der Waals surface area contributed by atoms with Crippen LogP contribution >= 0.6 is 11.6 Å². The van der Waals surface area contributed by atoms with E-state index in [1.165, 1.54) is 6.07 Å². The van der Waals surface area contributed by atoms with Gasteiger partial charge in [0.15, 0.2) is 0 Å². The fourth-order valence-electron chi connectivity index (χ4n) is 1.96. The van der Waals surface area contributed by atoms with Crippen molar-refractivity contribution in [3.63, 3.8) is 0 Å². The van der Waals surface area contributed by atoms with Gasteiger partial charge in [-0.3, -0.25) is 10.1 Å². The molecule has 1 atom stereocenters. The molecule has 0 heterocycles. The van der Waals surface area contributed by atoms with Gasteiger partial charge in [0.2, 0.25) is 0 Å². The molecule has 2 aromatic rings. The predicted molar refractivity (Wildman–Crippen MR) is 76.5 cm³/mol. The summed E-state index contributed by atoms with van der Waals surface area (Å²) in [5, 5.41) is 20.7. The lowest BCUT2D eigenvalue weighted by Crippen LogP contribution is -2.00. The SMILES string of the molecule is [CH2]c1cc(C(C#N)c2ccc(Cl)cc2)ccc1[N+](=O)[O-]. The minimum Gasteiger partial charge on any atom is -0.258 e. The Bertz CT molecular complexity index is 690. The molecule has 0 saturated heterocycles. The average Bonchev–Trinajstić information content (AvgIpc) is 2.41. The maximum Gasteiger partial charge on any atom is 0.272 e. The molecule has 20 heavy (non-hydrogen) atoms. The van der Waals surface area contributed by atoms with Crippen molar-refractivity contribution >= 4 is 17.3 Å². The zero-order valence-electron chi connectivity index (χ0n) is 10.4. The standard InChI is InChI=1S/C15H10ClN2O2/c1-10-8-12(4-7-15(10)18(19)20)14(9-17)11-2-5-13(16)6-3-11/h2-8,14H,1H2. The molecular formula is C15H10ClN2O2. The second kappa shape index (κ2) is 5.72. The summed E-state index contributed by atoms with van der Waals surface area (Å²) < 4.78 is 0. The lowest BCUT2D eigenvalue weighted by molar-refractivity contribution is -0.385. The number of hydrogen-bond acceptors (Lipinski definition) is 3. The second-order valence-electron chi connectivity index (χ2n) is 4.26. The van der Waals surface area contributed by atoms with Gasteiger partial charge in [0.05, 0.1) is 16.9 Å². The number of hydrogen-bond donors (Lipinski definition) is 0. The molecule has 0 aliphatic carbocycles. The Kier molecular flexibility index (Phi) is 4.02. The Balaban J connectivity index is 2.43. The molecular weight excluding hydrogens is 276 g/mol. The van der Waals surface area contributed by atoms with Gasteiger partial charge in [0.25, 0.3) is 5.69 Å². The van der Waals surface area contributed by atoms with E-state index in [0.29, 0.717) is 16.1 Å². The highest BCUT2D eigenvalue weighted by molar-refractivity contribution is 6.30. The zero-order valence-corrected chi connectivity index (χ0v) is 11.2. The van der Waals surface area contributed by atoms with Crippen LogP contribution in [-0.2, 0) is 0 Å². The van der Waals surface area contributed by atoms with Crippen LogP contribution in [-0.4, -0.2) is 4.92 Å². The summed E-state index contributed by atoms with van der Waals surface area (Å²) >= 11 is 5.82. The number of nitro groups is 1. The van der Waals surface area contributed by atoms with Crippen molar-refractivity contribution in [3.05, 3.63) is 81.2 Å². The maximum absolute atomic E-state index is 10.8. The smallest absolute Gasteiger partial charge is 0.258 e. The fourth-order valence-corrected chi connectivity index (χ4v) is 2.09. The third-order valence-electron chi connectivity index (χ3n) is 2.97. The first-order valence-corrected chi connectivity index (χ1v) is 6.16. The van der Waals surface area contributed by atoms with E-state index < -0.39 is 10.8 Å². The number of halogens is 1. The van der Waals surface area contributed by atoms with Gasteiger partial charge in [-0.1, -0.05) is 29.8 Å². The van der Waals surface area contributed by atoms with E-state index >= 15 is 0 Å². The van der Waals surface area contributed by atoms with Crippen LogP contribution in [0.25, 0.3) is 0 Å². The first-order chi connectivity index (χ1) is 9.52. The summed E-state index contributed by atoms with van der Waals surface area (Å²) in [5.41, 5.74) is 1.69. The number of rotatable bonds is 3. The van der Waals surface area contributed by atoms with Crippen molar-refractivity contribution in [1.82, 2.24) is 0 Å². The quantitative estimate of drug-likeness (QED) is 0.630. The van der Waals surface area contributed by atoms with Crippen molar-refractivity contribution in [2.45, 2.75) is 5.92 Å². The highest BCUT2D eigenvalue weighted by atomic mass is 35.5. The van der Waals surface area contributed by atoms with Gasteiger partial charge in [0, 0.05) is 16.7 Å². The van der Waals surface area contributed by atoms with Crippen molar-refractivity contribution in [1.29, 1.82) is 5.26 Å². The Labute approximate surface area is 121 Å². The minimum absolute atomic E-state index is 0.0541. The molecule has 0 fully saturated rings. The lowest BCUT2D eigenvalue weighted by Gasteiger charge is -2.11. The van der Waals surface area contributed by atoms with E-state index in [9.17, 15) is 15.4 Å². The summed E-state index contributed by atoms with van der Waals surface area (Å²) in [5.74, 6) is -0.506. The summed E-state index contributed by atoms with van der Waals surface area (Å²) in [6.45, 7) is 3.65. The van der Waals surface area contributed by atoms with Gasteiger partial charge >= 0.3 is 0 Å². The highest BCUT2D eigenvalue weighted by Gasteiger charge is 2.17. The zero-order chi connectivity index (χ0) is 14.7. The molecule has 1 unspecified atom stereocenters. The molecule has 0 aromatic heterocycles. The monoisotopic (exact) mass is 285 g/mol. The van der Waals surface area contributed by atoms with Crippen molar-refractivity contribution in [3.8, 4) is 6.07 Å². The third-order valence-corrected chi connectivity index (χ3v) is 3.22. The van der Waals surface area contributed by atoms with Gasteiger partial charge < -0.3 is 0 Å². The fraction of sp³-hybridized carbons (Fsp3) is 0.0667. The number of benzene rings is 2. The van der Waals surface area contributed by atoms with E-state index in [-0.39, 0.29) is 5.69 Å². The Morgan fingerprint density at radius 2 is 1.80 bits per heavy atom. The van der Waals surface area contributed by atoms with E-state index in [0.717, 1.165) is 5.56 Å². The topological polar surface area (TPSA) is 66.9 Å². The van der Waals surface area contributed by atoms with Gasteiger partial charge in [-0.05, 0) is 36.2 Å². The van der Waals surface area contributed by atoms with Gasteiger partial charge in [-0.2, -0.15) is 5.26 Å². The van der Waals surface area contributed by atoms with Crippen LogP contribution < -0.4 is 0 Å². The van der Waals surface area contributed by atoms with Crippen molar-refractivity contribution in [2.24, 2.45) is 0 Å². The van der Waals surface area contributed by atoms with Crippen LogP contribution in [0.5, 0.6) is 0 Å². The van der Waals surface area contributed by atoms with Crippen LogP contribution in [0.1, 0.15) is 22.6 Å². The molecule has 0 saturated carbocycles. The molecule has 2 aromatic carbocycles. The number of nitrogens with zero attached hydrogens (tertiary/aromatic N) is 2. The Hall–Kier alpha value is -2.38. The van der Waals surface area contributed by atoms with Crippen molar-refractivity contribution in [2.75, 3.05) is 0 Å². The van der Waals surface area contributed by atoms with Gasteiger partial charge in [-0.15, -0.1) is 0 Å². The van der Waals surface area contributed by atoms with Gasteiger partial charge in [0.1, 0.15) is 0 Å². The van der Waals surface area contributed by atoms with Gasteiger partial charge in [-0.25, -0.2) is 0 Å². The number of nitriles is 1. The highest BCUT2D eigenvalue weighted by Crippen LogP contribution is 2.28. The molecule has 99 valence electrons. The summed E-state index contributed by atoms with van der Waals surface area (Å²) in [4.78, 5) is 10.3. The van der Waals surface area contributed by atoms with Crippen LogP contribution in [0.15, 0.2) is 42.5 Å². The second-order valence-corrected chi connectivity index (χ2v) is 4.70. The van der Waals surface area contributed by atoms with Crippen LogP contribution in [0, 0.1) is 28.4 Å². The van der Waals surface area contributed by atoms with Crippen LogP contribution in [0.4, 0.5) is 5.69 Å². The van der Waals surface area contributed by atoms with Crippen molar-refractivity contribution < 1.29 is 4.92 Å². The molecule has 0 aliphatic rings. The summed E-state index contributed by atoms with van der Waals surface area (Å²) in [6, 6.07) is 13.7. The molecule has 0 N–H and O–H groups in total. The minimum atomic E-state index is -0.506. The van der Waals surface area contributed by atoms with E-state index in [2.05, 4.69) is 13.0 Å². The first kappa shape index (κ1) is 14.0. The van der Waals surface area contributed by atoms with E-state index in [4.69, 9.17) is 11.6 Å². The first-order valence-electron chi connectivity index (χ1n) is 5.78. The molecule has 0 spiro atoms. The molecule has 0 aliphatic heterocycles. The third kappa shape index (κ3) is 2.79. The normalized spacial score (nSPS) is 11.7. The van der Waals surface area contributed by atoms with E-state index in [1.807, 2.05) is 0 Å². The molecule has 2 rings (SSSR count). The lowest BCUT2D eigenvalue weighted by atomic mass is 9.91. The molecule has 0 amide bonds. The van der Waals surface area contributed by atoms with Crippen LogP contribution in [0.2, 0.25) is 5.02 Å². The predicted octanol–water partition coefficient (Wildman–Crippen LogP) is 4.09. The summed E-state index contributed by atoms with van der Waals surface area (Å²) in [6.07, 6.45) is 0. The van der Waals surface area contributed by atoms with Crippen LogP contribution in [0.3, 0.4) is 0 Å². The Morgan fingerprint density at radius 1 is 1.20 bits per heavy atom. The Morgan fingerprint density at radius 3 is 2.30 bits per heavy atom. The molecule has 5 heteroatoms. The van der Waals surface area contributed by atoms with E-state index in [1.54, 1.807) is 36.4 Å². The maximum atomic E-state index is 10.8. The number of nitro benzene ring substituents is 1. The largest absolute Gasteiger partial charge is 0.272 e.